The summed E-state index contributed by atoms with van der Waals surface area (Å²) in [4.78, 5) is 2.25. The maximum Gasteiger partial charge on any atom is 0.151 e. The first-order valence-corrected chi connectivity index (χ1v) is 6.71. The van der Waals surface area contributed by atoms with Crippen LogP contribution in [0.2, 0.25) is 0 Å². The minimum atomic E-state index is 0.746. The maximum atomic E-state index is 5.36. The fourth-order valence-corrected chi connectivity index (χ4v) is 1.89. The first-order valence-electron chi connectivity index (χ1n) is 6.71. The Kier molecular flexibility index (Phi) is 5.18. The summed E-state index contributed by atoms with van der Waals surface area (Å²) in [5.41, 5.74) is 0.950. The van der Waals surface area contributed by atoms with Gasteiger partial charge in [0.25, 0.3) is 0 Å². The molecule has 0 aliphatic carbocycles. The normalized spacial score (nSPS) is 11.3. The van der Waals surface area contributed by atoms with Gasteiger partial charge in [0, 0.05) is 12.6 Å². The molecule has 0 saturated carbocycles. The Morgan fingerprint density at radius 2 is 2.11 bits per heavy atom. The monoisotopic (exact) mass is 263 g/mol. The molecule has 2 aromatic rings. The molecular formula is C14H21N3O2. The van der Waals surface area contributed by atoms with Gasteiger partial charge >= 0.3 is 0 Å². The summed E-state index contributed by atoms with van der Waals surface area (Å²) < 4.78 is 10.7. The molecule has 5 heteroatoms. The highest BCUT2D eigenvalue weighted by atomic mass is 16.5. The molecule has 0 saturated heterocycles. The van der Waals surface area contributed by atoms with Crippen molar-refractivity contribution in [2.24, 2.45) is 0 Å². The Hall–Kier alpha value is -1.59. The van der Waals surface area contributed by atoms with Crippen molar-refractivity contribution < 1.29 is 8.94 Å². The summed E-state index contributed by atoms with van der Waals surface area (Å²) in [6.07, 6.45) is 1.70. The van der Waals surface area contributed by atoms with Crippen molar-refractivity contribution in [1.29, 1.82) is 0 Å². The van der Waals surface area contributed by atoms with E-state index in [1.54, 1.807) is 6.26 Å². The lowest BCUT2D eigenvalue weighted by molar-refractivity contribution is 0.217. The summed E-state index contributed by atoms with van der Waals surface area (Å²) in [7, 11) is 0. The molecule has 0 aliphatic rings. The predicted molar refractivity (Wildman–Crippen MR) is 72.4 cm³/mol. The average molecular weight is 263 g/mol. The lowest BCUT2D eigenvalue weighted by atomic mass is 10.3. The minimum Gasteiger partial charge on any atom is -0.468 e. The number of hydrogen-bond acceptors (Lipinski definition) is 5. The zero-order valence-electron chi connectivity index (χ0n) is 11.6. The van der Waals surface area contributed by atoms with Crippen molar-refractivity contribution >= 4 is 0 Å². The van der Waals surface area contributed by atoms with Gasteiger partial charge in [-0.05, 0) is 25.2 Å². The minimum absolute atomic E-state index is 0.746. The highest BCUT2D eigenvalue weighted by molar-refractivity contribution is 5.05. The molecule has 0 bridgehead atoms. The molecule has 5 nitrogen and oxygen atoms in total. The van der Waals surface area contributed by atoms with Crippen molar-refractivity contribution in [2.75, 3.05) is 13.1 Å². The summed E-state index contributed by atoms with van der Waals surface area (Å²) in [6.45, 7) is 8.35. The second-order valence-electron chi connectivity index (χ2n) is 4.45. The molecule has 2 rings (SSSR count). The highest BCUT2D eigenvalue weighted by Gasteiger charge is 2.10. The topological polar surface area (TPSA) is 54.4 Å². The summed E-state index contributed by atoms with van der Waals surface area (Å²) in [5, 5.41) is 7.28. The van der Waals surface area contributed by atoms with Gasteiger partial charge in [0.2, 0.25) is 0 Å². The lowest BCUT2D eigenvalue weighted by Crippen LogP contribution is -2.21. The first kappa shape index (κ1) is 13.8. The van der Waals surface area contributed by atoms with Crippen LogP contribution in [0.1, 0.15) is 31.1 Å². The van der Waals surface area contributed by atoms with Crippen molar-refractivity contribution in [3.63, 3.8) is 0 Å². The Bertz CT molecular complexity index is 465. The van der Waals surface area contributed by atoms with Crippen LogP contribution in [0.3, 0.4) is 0 Å². The van der Waals surface area contributed by atoms with Gasteiger partial charge in [0.1, 0.15) is 5.76 Å². The van der Waals surface area contributed by atoms with Gasteiger partial charge in [0.15, 0.2) is 5.76 Å². The van der Waals surface area contributed by atoms with Gasteiger partial charge in [-0.1, -0.05) is 19.0 Å². The molecule has 0 unspecified atom stereocenters. The molecule has 0 radical (unpaired) electrons. The van der Waals surface area contributed by atoms with E-state index in [0.717, 1.165) is 49.9 Å². The van der Waals surface area contributed by atoms with E-state index in [1.807, 2.05) is 18.2 Å². The van der Waals surface area contributed by atoms with E-state index in [2.05, 4.69) is 29.2 Å². The average Bonchev–Trinajstić information content (AvgIpc) is 3.07. The Balaban J connectivity index is 1.88. The molecule has 0 aliphatic heterocycles. The van der Waals surface area contributed by atoms with Crippen molar-refractivity contribution in [3.8, 4) is 0 Å². The molecule has 0 amide bonds. The van der Waals surface area contributed by atoms with Gasteiger partial charge in [0.05, 0.1) is 25.0 Å². The first-order chi connectivity index (χ1) is 9.31. The van der Waals surface area contributed by atoms with Crippen molar-refractivity contribution in [2.45, 2.75) is 33.5 Å². The van der Waals surface area contributed by atoms with Crippen LogP contribution in [-0.2, 0) is 19.6 Å². The van der Waals surface area contributed by atoms with E-state index in [4.69, 9.17) is 8.94 Å². The van der Waals surface area contributed by atoms with E-state index >= 15 is 0 Å². The molecule has 0 fully saturated rings. The SMILES string of the molecule is CCNCc1cc(CN(CC)Cc2ccco2)on1. The fourth-order valence-electron chi connectivity index (χ4n) is 1.89. The quantitative estimate of drug-likeness (QED) is 0.792. The second-order valence-corrected chi connectivity index (χ2v) is 4.45. The largest absolute Gasteiger partial charge is 0.468 e. The molecule has 1 N–H and O–H groups in total. The van der Waals surface area contributed by atoms with Crippen LogP contribution >= 0.6 is 0 Å². The summed E-state index contributed by atoms with van der Waals surface area (Å²) in [5.74, 6) is 1.86. The Morgan fingerprint density at radius 1 is 1.26 bits per heavy atom. The van der Waals surface area contributed by atoms with E-state index in [1.165, 1.54) is 0 Å². The highest BCUT2D eigenvalue weighted by Crippen LogP contribution is 2.11. The molecule has 2 aromatic heterocycles. The third-order valence-electron chi connectivity index (χ3n) is 2.95. The Labute approximate surface area is 113 Å². The third-order valence-corrected chi connectivity index (χ3v) is 2.95. The zero-order chi connectivity index (χ0) is 13.5. The van der Waals surface area contributed by atoms with E-state index < -0.39 is 0 Å². The predicted octanol–water partition coefficient (Wildman–Crippen LogP) is 2.40. The van der Waals surface area contributed by atoms with Crippen LogP contribution in [-0.4, -0.2) is 23.1 Å². The van der Waals surface area contributed by atoms with Gasteiger partial charge in [-0.2, -0.15) is 0 Å². The second kappa shape index (κ2) is 7.11. The van der Waals surface area contributed by atoms with Crippen LogP contribution < -0.4 is 5.32 Å². The molecule has 0 atom stereocenters. The molecule has 19 heavy (non-hydrogen) atoms. The maximum absolute atomic E-state index is 5.36. The smallest absolute Gasteiger partial charge is 0.151 e. The standard InChI is InChI=1S/C14H21N3O2/c1-3-15-9-12-8-14(19-16-12)11-17(4-2)10-13-6-5-7-18-13/h5-8,15H,3-4,9-11H2,1-2H3. The van der Waals surface area contributed by atoms with Crippen molar-refractivity contribution in [3.05, 3.63) is 41.7 Å². The number of furan rings is 1. The van der Waals surface area contributed by atoms with Crippen LogP contribution in [0.15, 0.2) is 33.4 Å². The lowest BCUT2D eigenvalue weighted by Gasteiger charge is -2.16. The Morgan fingerprint density at radius 3 is 2.79 bits per heavy atom. The number of nitrogens with one attached hydrogen (secondary N) is 1. The molecule has 104 valence electrons. The van der Waals surface area contributed by atoms with Crippen molar-refractivity contribution in [1.82, 2.24) is 15.4 Å². The fraction of sp³-hybridized carbons (Fsp3) is 0.500. The van der Waals surface area contributed by atoms with Gasteiger partial charge in [-0.3, -0.25) is 4.90 Å². The number of hydrogen-bond donors (Lipinski definition) is 1. The summed E-state index contributed by atoms with van der Waals surface area (Å²) in [6, 6.07) is 5.90. The van der Waals surface area contributed by atoms with E-state index in [-0.39, 0.29) is 0 Å². The molecule has 0 aromatic carbocycles. The van der Waals surface area contributed by atoms with Crippen LogP contribution in [0, 0.1) is 0 Å². The number of rotatable bonds is 8. The molecule has 2 heterocycles. The number of aromatic nitrogens is 1. The van der Waals surface area contributed by atoms with Crippen LogP contribution in [0.5, 0.6) is 0 Å². The van der Waals surface area contributed by atoms with E-state index in [9.17, 15) is 0 Å². The van der Waals surface area contributed by atoms with E-state index in [0.29, 0.717) is 0 Å². The van der Waals surface area contributed by atoms with Gasteiger partial charge < -0.3 is 14.3 Å². The number of nitrogens with zero attached hydrogens (tertiary/aromatic N) is 2. The molecular weight excluding hydrogens is 242 g/mol. The van der Waals surface area contributed by atoms with Crippen LogP contribution in [0.25, 0.3) is 0 Å². The summed E-state index contributed by atoms with van der Waals surface area (Å²) >= 11 is 0. The third kappa shape index (κ3) is 4.22. The van der Waals surface area contributed by atoms with Crippen LogP contribution in [0.4, 0.5) is 0 Å². The zero-order valence-corrected chi connectivity index (χ0v) is 11.6. The van der Waals surface area contributed by atoms with Gasteiger partial charge in [-0.25, -0.2) is 0 Å². The van der Waals surface area contributed by atoms with Gasteiger partial charge in [-0.15, -0.1) is 0 Å². The molecule has 0 spiro atoms.